The van der Waals surface area contributed by atoms with Crippen molar-refractivity contribution in [3.05, 3.63) is 39.6 Å². The van der Waals surface area contributed by atoms with Gasteiger partial charge in [-0.3, -0.25) is 4.98 Å². The minimum absolute atomic E-state index is 1.15. The smallest absolute Gasteiger partial charge is 0.0740 e. The fourth-order valence-electron chi connectivity index (χ4n) is 2.39. The summed E-state index contributed by atoms with van der Waals surface area (Å²) < 4.78 is 0. The fourth-order valence-corrected chi connectivity index (χ4v) is 2.39. The summed E-state index contributed by atoms with van der Waals surface area (Å²) in [5.74, 6) is 0. The van der Waals surface area contributed by atoms with E-state index in [1.165, 1.54) is 38.7 Å². The van der Waals surface area contributed by atoms with Crippen LogP contribution in [0.2, 0.25) is 0 Å². The molecule has 0 fully saturated rings. The summed E-state index contributed by atoms with van der Waals surface area (Å²) >= 11 is 0. The lowest BCUT2D eigenvalue weighted by Gasteiger charge is -2.14. The van der Waals surface area contributed by atoms with Crippen molar-refractivity contribution in [1.82, 2.24) is 4.98 Å². The molecule has 0 amide bonds. The van der Waals surface area contributed by atoms with Crippen LogP contribution in [0.15, 0.2) is 6.07 Å². The summed E-state index contributed by atoms with van der Waals surface area (Å²) in [6.45, 7) is 13.0. The quantitative estimate of drug-likeness (QED) is 0.642. The van der Waals surface area contributed by atoms with E-state index < -0.39 is 0 Å². The zero-order chi connectivity index (χ0) is 12.0. The van der Waals surface area contributed by atoms with Crippen molar-refractivity contribution in [1.29, 1.82) is 0 Å². The van der Waals surface area contributed by atoms with E-state index in [1.54, 1.807) is 0 Å². The fraction of sp³-hybridized carbons (Fsp3) is 0.400. The maximum atomic E-state index is 4.74. The third-order valence-corrected chi connectivity index (χ3v) is 3.77. The molecule has 0 aliphatic carbocycles. The average Bonchev–Trinajstić information content (AvgIpc) is 2.22. The molecule has 0 aliphatic heterocycles. The maximum absolute atomic E-state index is 4.74. The summed E-state index contributed by atoms with van der Waals surface area (Å²) in [7, 11) is 0. The lowest BCUT2D eigenvalue weighted by molar-refractivity contribution is 1.15. The van der Waals surface area contributed by atoms with Gasteiger partial charge in [-0.25, -0.2) is 0 Å². The van der Waals surface area contributed by atoms with Crippen LogP contribution in [0.1, 0.15) is 33.5 Å². The Bertz CT molecular complexity index is 580. The van der Waals surface area contributed by atoms with Crippen LogP contribution in [0, 0.1) is 41.5 Å². The first-order chi connectivity index (χ1) is 7.43. The molecule has 1 heteroatoms. The van der Waals surface area contributed by atoms with Crippen molar-refractivity contribution in [3.63, 3.8) is 0 Å². The highest BCUT2D eigenvalue weighted by Gasteiger charge is 2.11. The Kier molecular flexibility index (Phi) is 2.49. The first kappa shape index (κ1) is 11.1. The highest BCUT2D eigenvalue weighted by molar-refractivity contribution is 5.90. The number of nitrogens with zero attached hydrogens (tertiary/aromatic N) is 1. The molecule has 1 aromatic carbocycles. The van der Waals surface area contributed by atoms with Gasteiger partial charge in [0.15, 0.2) is 0 Å². The third kappa shape index (κ3) is 1.42. The molecule has 0 radical (unpaired) electrons. The minimum atomic E-state index is 1.15. The van der Waals surface area contributed by atoms with Crippen LogP contribution in [0.5, 0.6) is 0 Å². The van der Waals surface area contributed by atoms with Gasteiger partial charge < -0.3 is 0 Å². The number of aryl methyl sites for hydroxylation is 5. The standard InChI is InChI=1S/C15H19N/c1-8-7-9(2)15-14(10(8)3)12(5)11(4)13(6)16-15/h7H,1-6H3. The van der Waals surface area contributed by atoms with Crippen molar-refractivity contribution < 1.29 is 0 Å². The van der Waals surface area contributed by atoms with Crippen molar-refractivity contribution in [2.24, 2.45) is 0 Å². The molecule has 16 heavy (non-hydrogen) atoms. The topological polar surface area (TPSA) is 12.9 Å². The lowest BCUT2D eigenvalue weighted by Crippen LogP contribution is -1.98. The summed E-state index contributed by atoms with van der Waals surface area (Å²) in [5.41, 5.74) is 9.03. The molecule has 2 rings (SSSR count). The van der Waals surface area contributed by atoms with Crippen molar-refractivity contribution in [2.75, 3.05) is 0 Å². The van der Waals surface area contributed by atoms with Crippen LogP contribution >= 0.6 is 0 Å². The lowest BCUT2D eigenvalue weighted by atomic mass is 9.94. The molecule has 0 spiro atoms. The number of fused-ring (bicyclic) bond motifs is 1. The minimum Gasteiger partial charge on any atom is -0.253 e. The van der Waals surface area contributed by atoms with Crippen LogP contribution in [0.4, 0.5) is 0 Å². The van der Waals surface area contributed by atoms with Crippen LogP contribution < -0.4 is 0 Å². The van der Waals surface area contributed by atoms with Gasteiger partial charge in [-0.1, -0.05) is 6.07 Å². The monoisotopic (exact) mass is 213 g/mol. The van der Waals surface area contributed by atoms with Gasteiger partial charge in [0, 0.05) is 11.1 Å². The molecule has 0 saturated carbocycles. The summed E-state index contributed by atoms with van der Waals surface area (Å²) in [6.07, 6.45) is 0. The molecule has 2 aromatic rings. The van der Waals surface area contributed by atoms with E-state index in [0.29, 0.717) is 0 Å². The molecule has 0 aliphatic rings. The van der Waals surface area contributed by atoms with Gasteiger partial charge in [-0.05, 0) is 69.4 Å². The van der Waals surface area contributed by atoms with E-state index in [0.717, 1.165) is 5.69 Å². The zero-order valence-electron chi connectivity index (χ0n) is 11.0. The van der Waals surface area contributed by atoms with E-state index in [1.807, 2.05) is 0 Å². The molecule has 84 valence electrons. The number of hydrogen-bond acceptors (Lipinski definition) is 1. The first-order valence-electron chi connectivity index (χ1n) is 5.77. The second-order valence-corrected chi connectivity index (χ2v) is 4.81. The van der Waals surface area contributed by atoms with E-state index in [-0.39, 0.29) is 0 Å². The molecule has 1 heterocycles. The van der Waals surface area contributed by atoms with Crippen LogP contribution in [-0.2, 0) is 0 Å². The SMILES string of the molecule is Cc1cc(C)c2nc(C)c(C)c(C)c2c1C. The normalized spacial score (nSPS) is 11.1. The largest absolute Gasteiger partial charge is 0.253 e. The van der Waals surface area contributed by atoms with Crippen LogP contribution in [0.3, 0.4) is 0 Å². The molecular weight excluding hydrogens is 194 g/mol. The van der Waals surface area contributed by atoms with E-state index in [9.17, 15) is 0 Å². The number of hydrogen-bond donors (Lipinski definition) is 0. The Morgan fingerprint density at radius 3 is 2.00 bits per heavy atom. The predicted octanol–water partition coefficient (Wildman–Crippen LogP) is 4.09. The van der Waals surface area contributed by atoms with Gasteiger partial charge in [0.25, 0.3) is 0 Å². The van der Waals surface area contributed by atoms with Gasteiger partial charge in [0.05, 0.1) is 5.52 Å². The van der Waals surface area contributed by atoms with Gasteiger partial charge in [0.2, 0.25) is 0 Å². The van der Waals surface area contributed by atoms with Crippen molar-refractivity contribution >= 4 is 10.9 Å². The van der Waals surface area contributed by atoms with Gasteiger partial charge in [-0.2, -0.15) is 0 Å². The number of rotatable bonds is 0. The Balaban J connectivity index is 3.07. The number of aromatic nitrogens is 1. The molecular formula is C15H19N. The predicted molar refractivity (Wildman–Crippen MR) is 70.2 cm³/mol. The van der Waals surface area contributed by atoms with Crippen LogP contribution in [-0.4, -0.2) is 4.98 Å². The molecule has 0 bridgehead atoms. The van der Waals surface area contributed by atoms with Gasteiger partial charge >= 0.3 is 0 Å². The van der Waals surface area contributed by atoms with Crippen molar-refractivity contribution in [3.8, 4) is 0 Å². The molecule has 1 aromatic heterocycles. The second-order valence-electron chi connectivity index (χ2n) is 4.81. The Morgan fingerprint density at radius 1 is 0.750 bits per heavy atom. The molecule has 0 atom stereocenters. The molecule has 0 unspecified atom stereocenters. The molecule has 0 N–H and O–H groups in total. The van der Waals surface area contributed by atoms with Crippen LogP contribution in [0.25, 0.3) is 10.9 Å². The summed E-state index contributed by atoms with van der Waals surface area (Å²) in [6, 6.07) is 2.24. The highest BCUT2D eigenvalue weighted by atomic mass is 14.7. The third-order valence-electron chi connectivity index (χ3n) is 3.77. The van der Waals surface area contributed by atoms with E-state index >= 15 is 0 Å². The number of pyridine rings is 1. The maximum Gasteiger partial charge on any atom is 0.0740 e. The van der Waals surface area contributed by atoms with E-state index in [2.05, 4.69) is 47.6 Å². The second kappa shape index (κ2) is 3.58. The number of benzene rings is 1. The van der Waals surface area contributed by atoms with Gasteiger partial charge in [-0.15, -0.1) is 0 Å². The first-order valence-corrected chi connectivity index (χ1v) is 5.77. The molecule has 0 saturated heterocycles. The van der Waals surface area contributed by atoms with Crippen molar-refractivity contribution in [2.45, 2.75) is 41.5 Å². The zero-order valence-corrected chi connectivity index (χ0v) is 11.0. The highest BCUT2D eigenvalue weighted by Crippen LogP contribution is 2.29. The Hall–Kier alpha value is -1.37. The average molecular weight is 213 g/mol. The molecule has 1 nitrogen and oxygen atoms in total. The summed E-state index contributed by atoms with van der Waals surface area (Å²) in [4.78, 5) is 4.74. The summed E-state index contributed by atoms with van der Waals surface area (Å²) in [5, 5.41) is 1.35. The van der Waals surface area contributed by atoms with Gasteiger partial charge in [0.1, 0.15) is 0 Å². The van der Waals surface area contributed by atoms with E-state index in [4.69, 9.17) is 4.98 Å². The Labute approximate surface area is 97.5 Å². The Morgan fingerprint density at radius 2 is 1.38 bits per heavy atom.